The number of rotatable bonds is 4. The van der Waals surface area contributed by atoms with Gasteiger partial charge in [-0.3, -0.25) is 4.98 Å². The Morgan fingerprint density at radius 3 is 3.05 bits per heavy atom. The van der Waals surface area contributed by atoms with Crippen LogP contribution in [-0.2, 0) is 16.4 Å². The Kier molecular flexibility index (Phi) is 4.70. The Labute approximate surface area is 118 Å². The van der Waals surface area contributed by atoms with E-state index >= 15 is 0 Å². The largest absolute Gasteiger partial charge is 0.392 e. The average Bonchev–Trinajstić information content (AvgIpc) is 2.47. The maximum absolute atomic E-state index is 12.2. The molecule has 2 rings (SSSR count). The highest BCUT2D eigenvalue weighted by Gasteiger charge is 2.33. The van der Waals surface area contributed by atoms with Gasteiger partial charge in [0.1, 0.15) is 5.37 Å². The van der Waals surface area contributed by atoms with Gasteiger partial charge in [-0.1, -0.05) is 6.92 Å². The molecular weight excluding hydrogens is 284 g/mol. The van der Waals surface area contributed by atoms with Gasteiger partial charge >= 0.3 is 0 Å². The highest BCUT2D eigenvalue weighted by molar-refractivity contribution is 8.01. The van der Waals surface area contributed by atoms with Crippen molar-refractivity contribution in [2.24, 2.45) is 0 Å². The third kappa shape index (κ3) is 3.04. The van der Waals surface area contributed by atoms with Crippen LogP contribution in [0.5, 0.6) is 0 Å². The van der Waals surface area contributed by atoms with Crippen LogP contribution in [0.15, 0.2) is 18.5 Å². The van der Waals surface area contributed by atoms with Crippen molar-refractivity contribution in [1.82, 2.24) is 4.98 Å². The van der Waals surface area contributed by atoms with Crippen molar-refractivity contribution >= 4 is 27.3 Å². The first-order valence-corrected chi connectivity index (χ1v) is 9.07. The van der Waals surface area contributed by atoms with E-state index in [9.17, 15) is 13.5 Å². The second-order valence-electron chi connectivity index (χ2n) is 4.34. The van der Waals surface area contributed by atoms with Gasteiger partial charge < -0.3 is 10.0 Å². The zero-order valence-electron chi connectivity index (χ0n) is 10.8. The van der Waals surface area contributed by atoms with E-state index in [2.05, 4.69) is 4.98 Å². The van der Waals surface area contributed by atoms with Crippen molar-refractivity contribution in [3.63, 3.8) is 0 Å². The molecule has 0 bridgehead atoms. The SMILES string of the molecule is CCS(=O)(=O)C1CSCCN1c1ccncc1CO. The Balaban J connectivity index is 2.40. The minimum absolute atomic E-state index is 0.133. The van der Waals surface area contributed by atoms with Crippen LogP contribution in [0.1, 0.15) is 12.5 Å². The van der Waals surface area contributed by atoms with Gasteiger partial charge in [0.2, 0.25) is 0 Å². The van der Waals surface area contributed by atoms with Crippen molar-refractivity contribution in [3.05, 3.63) is 24.0 Å². The molecule has 0 spiro atoms. The van der Waals surface area contributed by atoms with Crippen molar-refractivity contribution < 1.29 is 13.5 Å². The molecule has 19 heavy (non-hydrogen) atoms. The monoisotopic (exact) mass is 302 g/mol. The first kappa shape index (κ1) is 14.6. The minimum Gasteiger partial charge on any atom is -0.392 e. The Bertz CT molecular complexity index is 534. The maximum Gasteiger partial charge on any atom is 0.171 e. The van der Waals surface area contributed by atoms with Crippen molar-refractivity contribution in [1.29, 1.82) is 0 Å². The van der Waals surface area contributed by atoms with Crippen LogP contribution in [0.2, 0.25) is 0 Å². The van der Waals surface area contributed by atoms with Gasteiger partial charge in [-0.05, 0) is 6.07 Å². The zero-order valence-corrected chi connectivity index (χ0v) is 12.5. The zero-order chi connectivity index (χ0) is 13.9. The molecule has 106 valence electrons. The average molecular weight is 302 g/mol. The number of aliphatic hydroxyl groups is 1. The van der Waals surface area contributed by atoms with Crippen LogP contribution < -0.4 is 4.90 Å². The summed E-state index contributed by atoms with van der Waals surface area (Å²) in [7, 11) is -3.14. The molecule has 1 aliphatic rings. The summed E-state index contributed by atoms with van der Waals surface area (Å²) in [6.07, 6.45) is 3.22. The molecule has 0 amide bonds. The summed E-state index contributed by atoms with van der Waals surface area (Å²) in [5, 5.41) is 8.86. The van der Waals surface area contributed by atoms with Crippen LogP contribution in [0.3, 0.4) is 0 Å². The molecule has 2 heterocycles. The van der Waals surface area contributed by atoms with E-state index in [-0.39, 0.29) is 12.4 Å². The van der Waals surface area contributed by atoms with Crippen LogP contribution >= 0.6 is 11.8 Å². The highest BCUT2D eigenvalue weighted by Crippen LogP contribution is 2.29. The number of sulfone groups is 1. The number of hydrogen-bond donors (Lipinski definition) is 1. The van der Waals surface area contributed by atoms with Crippen molar-refractivity contribution in [2.45, 2.75) is 18.9 Å². The Morgan fingerprint density at radius 1 is 1.58 bits per heavy atom. The number of thioether (sulfide) groups is 1. The van der Waals surface area contributed by atoms with Gasteiger partial charge in [-0.15, -0.1) is 0 Å². The number of nitrogens with zero attached hydrogens (tertiary/aromatic N) is 2. The molecule has 0 aromatic carbocycles. The molecule has 1 saturated heterocycles. The predicted octanol–water partition coefficient (Wildman–Crippen LogP) is 0.888. The molecular formula is C12H18N2O3S2. The standard InChI is InChI=1S/C12H18N2O3S2/c1-2-19(16,17)12-9-18-6-5-14(12)11-3-4-13-7-10(11)8-15/h3-4,7,12,15H,2,5-6,8-9H2,1H3. The van der Waals surface area contributed by atoms with Gasteiger partial charge in [0.05, 0.1) is 6.61 Å². The van der Waals surface area contributed by atoms with Gasteiger partial charge in [0, 0.05) is 47.4 Å². The Morgan fingerprint density at radius 2 is 2.37 bits per heavy atom. The summed E-state index contributed by atoms with van der Waals surface area (Å²) >= 11 is 1.66. The molecule has 0 aliphatic carbocycles. The maximum atomic E-state index is 12.2. The second kappa shape index (κ2) is 6.11. The van der Waals surface area contributed by atoms with Crippen LogP contribution in [0, 0.1) is 0 Å². The summed E-state index contributed by atoms with van der Waals surface area (Å²) in [5.74, 6) is 1.60. The first-order chi connectivity index (χ1) is 9.10. The first-order valence-electron chi connectivity index (χ1n) is 6.20. The minimum atomic E-state index is -3.14. The molecule has 7 heteroatoms. The number of pyridine rings is 1. The van der Waals surface area contributed by atoms with Crippen LogP contribution in [-0.4, -0.2) is 47.7 Å². The smallest absolute Gasteiger partial charge is 0.171 e. The number of anilines is 1. The lowest BCUT2D eigenvalue weighted by Crippen LogP contribution is -2.48. The van der Waals surface area contributed by atoms with Gasteiger partial charge in [0.15, 0.2) is 9.84 Å². The fourth-order valence-electron chi connectivity index (χ4n) is 2.17. The topological polar surface area (TPSA) is 70.5 Å². The lowest BCUT2D eigenvalue weighted by molar-refractivity contribution is 0.281. The molecule has 1 aromatic rings. The van der Waals surface area contributed by atoms with Crippen molar-refractivity contribution in [3.8, 4) is 0 Å². The number of aromatic nitrogens is 1. The van der Waals surface area contributed by atoms with E-state index < -0.39 is 15.2 Å². The number of aliphatic hydroxyl groups excluding tert-OH is 1. The molecule has 1 aliphatic heterocycles. The normalized spacial score (nSPS) is 20.5. The lowest BCUT2D eigenvalue weighted by atomic mass is 10.2. The third-order valence-electron chi connectivity index (χ3n) is 3.26. The molecule has 5 nitrogen and oxygen atoms in total. The molecule has 1 atom stereocenters. The summed E-state index contributed by atoms with van der Waals surface area (Å²) < 4.78 is 24.4. The fraction of sp³-hybridized carbons (Fsp3) is 0.583. The summed E-state index contributed by atoms with van der Waals surface area (Å²) in [6, 6.07) is 1.78. The number of hydrogen-bond acceptors (Lipinski definition) is 6. The van der Waals surface area contributed by atoms with Gasteiger partial charge in [-0.25, -0.2) is 8.42 Å². The van der Waals surface area contributed by atoms with Gasteiger partial charge in [0.25, 0.3) is 0 Å². The quantitative estimate of drug-likeness (QED) is 0.890. The molecule has 1 aromatic heterocycles. The van der Waals surface area contributed by atoms with Crippen molar-refractivity contribution in [2.75, 3.05) is 28.7 Å². The van der Waals surface area contributed by atoms with E-state index in [1.807, 2.05) is 4.90 Å². The van der Waals surface area contributed by atoms with Crippen LogP contribution in [0.4, 0.5) is 5.69 Å². The van der Waals surface area contributed by atoms with E-state index in [1.54, 1.807) is 37.1 Å². The fourth-order valence-corrected chi connectivity index (χ4v) is 5.15. The lowest BCUT2D eigenvalue weighted by Gasteiger charge is -2.37. The molecule has 0 saturated carbocycles. The summed E-state index contributed by atoms with van der Waals surface area (Å²) in [6.45, 7) is 2.21. The van der Waals surface area contributed by atoms with Crippen LogP contribution in [0.25, 0.3) is 0 Å². The van der Waals surface area contributed by atoms with Gasteiger partial charge in [-0.2, -0.15) is 11.8 Å². The summed E-state index contributed by atoms with van der Waals surface area (Å²) in [5.41, 5.74) is 1.45. The third-order valence-corrected chi connectivity index (χ3v) is 6.55. The predicted molar refractivity (Wildman–Crippen MR) is 78.1 cm³/mol. The molecule has 1 fully saturated rings. The Hall–Kier alpha value is -0.790. The van der Waals surface area contributed by atoms with E-state index in [0.29, 0.717) is 17.9 Å². The van der Waals surface area contributed by atoms with E-state index in [1.165, 1.54) is 0 Å². The highest BCUT2D eigenvalue weighted by atomic mass is 32.2. The van der Waals surface area contributed by atoms with E-state index in [0.717, 1.165) is 11.4 Å². The summed E-state index contributed by atoms with van der Waals surface area (Å²) in [4.78, 5) is 5.87. The second-order valence-corrected chi connectivity index (χ2v) is 7.93. The molecule has 1 unspecified atom stereocenters. The molecule has 0 radical (unpaired) electrons. The van der Waals surface area contributed by atoms with E-state index in [4.69, 9.17) is 0 Å². The molecule has 1 N–H and O–H groups in total.